The van der Waals surface area contributed by atoms with Crippen LogP contribution in [0.5, 0.6) is 0 Å². The molecule has 0 spiro atoms. The lowest BCUT2D eigenvalue weighted by atomic mass is 9.95. The lowest BCUT2D eigenvalue weighted by Crippen LogP contribution is -2.51. The van der Waals surface area contributed by atoms with Crippen LogP contribution in [0.15, 0.2) is 24.3 Å². The molecule has 1 unspecified atom stereocenters. The lowest BCUT2D eigenvalue weighted by molar-refractivity contribution is -0.138. The summed E-state index contributed by atoms with van der Waals surface area (Å²) in [6.45, 7) is 10.8. The van der Waals surface area contributed by atoms with Gasteiger partial charge in [0.1, 0.15) is 0 Å². The molecule has 0 aliphatic carbocycles. The molecule has 172 valence electrons. The second-order valence-corrected chi connectivity index (χ2v) is 8.82. The van der Waals surface area contributed by atoms with E-state index >= 15 is 0 Å². The van der Waals surface area contributed by atoms with Crippen molar-refractivity contribution in [2.75, 3.05) is 64.8 Å². The van der Waals surface area contributed by atoms with Crippen molar-refractivity contribution in [3.05, 3.63) is 29.8 Å². The number of anilines is 1. The fraction of sp³-hybridized carbons (Fsp3) is 0.667. The molecule has 2 aliphatic heterocycles. The molecule has 0 aromatic heterocycles. The van der Waals surface area contributed by atoms with Gasteiger partial charge in [-0.2, -0.15) is 0 Å². The van der Waals surface area contributed by atoms with Crippen molar-refractivity contribution in [3.63, 3.8) is 0 Å². The summed E-state index contributed by atoms with van der Waals surface area (Å²) in [7, 11) is 1.72. The molecule has 2 saturated heterocycles. The summed E-state index contributed by atoms with van der Waals surface area (Å²) in [5, 5.41) is 2.95. The van der Waals surface area contributed by atoms with Gasteiger partial charge in [-0.05, 0) is 56.8 Å². The Labute approximate surface area is 186 Å². The maximum Gasteiger partial charge on any atom is 0.243 e. The predicted octanol–water partition coefficient (Wildman–Crippen LogP) is 2.08. The number of likely N-dealkylation sites (tertiary alicyclic amines) is 1. The van der Waals surface area contributed by atoms with Crippen molar-refractivity contribution < 1.29 is 14.3 Å². The van der Waals surface area contributed by atoms with E-state index in [-0.39, 0.29) is 24.4 Å². The number of likely N-dealkylation sites (N-methyl/N-ethyl adjacent to an activating group) is 1. The molecule has 0 saturated carbocycles. The lowest BCUT2D eigenvalue weighted by Gasteiger charge is -2.38. The van der Waals surface area contributed by atoms with Gasteiger partial charge in [-0.15, -0.1) is 0 Å². The minimum atomic E-state index is -0.204. The first-order chi connectivity index (χ1) is 15.0. The molecule has 1 aromatic carbocycles. The molecule has 1 N–H and O–H groups in total. The summed E-state index contributed by atoms with van der Waals surface area (Å²) in [6.07, 6.45) is 3.09. The quantitative estimate of drug-likeness (QED) is 0.684. The zero-order valence-electron chi connectivity index (χ0n) is 19.3. The summed E-state index contributed by atoms with van der Waals surface area (Å²) in [4.78, 5) is 31.7. The fourth-order valence-electron chi connectivity index (χ4n) is 4.58. The number of nitrogens with zero attached hydrogens (tertiary/aromatic N) is 3. The number of ether oxygens (including phenoxy) is 1. The molecular weight excluding hydrogens is 392 g/mol. The average molecular weight is 431 g/mol. The maximum atomic E-state index is 12.9. The van der Waals surface area contributed by atoms with Gasteiger partial charge in [0.05, 0.1) is 25.8 Å². The highest BCUT2D eigenvalue weighted by Gasteiger charge is 2.29. The number of carbonyl (C=O) groups excluding carboxylic acids is 2. The summed E-state index contributed by atoms with van der Waals surface area (Å²) >= 11 is 0. The number of benzene rings is 1. The van der Waals surface area contributed by atoms with Crippen LogP contribution in [0.4, 0.5) is 5.69 Å². The molecule has 2 fully saturated rings. The highest BCUT2D eigenvalue weighted by Crippen LogP contribution is 2.21. The summed E-state index contributed by atoms with van der Waals surface area (Å²) in [6, 6.07) is 7.59. The van der Waals surface area contributed by atoms with E-state index in [0.29, 0.717) is 5.92 Å². The molecule has 2 heterocycles. The molecule has 0 radical (unpaired) electrons. The van der Waals surface area contributed by atoms with Crippen LogP contribution in [0.1, 0.15) is 32.3 Å². The molecule has 1 atom stereocenters. The largest absolute Gasteiger partial charge is 0.379 e. The molecule has 3 rings (SSSR count). The number of rotatable bonds is 8. The second-order valence-electron chi connectivity index (χ2n) is 8.82. The van der Waals surface area contributed by atoms with Crippen LogP contribution in [0.2, 0.25) is 0 Å². The van der Waals surface area contributed by atoms with E-state index in [9.17, 15) is 9.59 Å². The van der Waals surface area contributed by atoms with Crippen LogP contribution in [0.25, 0.3) is 0 Å². The third-order valence-corrected chi connectivity index (χ3v) is 6.60. The average Bonchev–Trinajstić information content (AvgIpc) is 2.79. The third kappa shape index (κ3) is 6.76. The minimum Gasteiger partial charge on any atom is -0.379 e. The first-order valence-corrected chi connectivity index (χ1v) is 11.6. The molecule has 7 heteroatoms. The van der Waals surface area contributed by atoms with Gasteiger partial charge in [0.2, 0.25) is 11.8 Å². The number of hydrogen-bond donors (Lipinski definition) is 1. The van der Waals surface area contributed by atoms with E-state index in [1.54, 1.807) is 11.9 Å². The minimum absolute atomic E-state index is 0.00514. The molecule has 0 bridgehead atoms. The van der Waals surface area contributed by atoms with E-state index in [0.717, 1.165) is 76.5 Å². The van der Waals surface area contributed by atoms with Crippen molar-refractivity contribution >= 4 is 17.5 Å². The van der Waals surface area contributed by atoms with Crippen LogP contribution in [0.3, 0.4) is 0 Å². The number of nitrogens with one attached hydrogen (secondary N) is 1. The first-order valence-electron chi connectivity index (χ1n) is 11.6. The highest BCUT2D eigenvalue weighted by molar-refractivity contribution is 5.95. The Bertz CT molecular complexity index is 727. The van der Waals surface area contributed by atoms with Gasteiger partial charge in [0, 0.05) is 32.4 Å². The van der Waals surface area contributed by atoms with E-state index < -0.39 is 0 Å². The number of para-hydroxylation sites is 1. The van der Waals surface area contributed by atoms with Crippen molar-refractivity contribution in [2.24, 2.45) is 5.92 Å². The van der Waals surface area contributed by atoms with Crippen LogP contribution >= 0.6 is 0 Å². The summed E-state index contributed by atoms with van der Waals surface area (Å²) < 4.78 is 5.44. The second kappa shape index (κ2) is 11.6. The van der Waals surface area contributed by atoms with Gasteiger partial charge >= 0.3 is 0 Å². The number of piperidine rings is 1. The maximum absolute atomic E-state index is 12.9. The number of carbonyl (C=O) groups is 2. The van der Waals surface area contributed by atoms with E-state index in [2.05, 4.69) is 22.0 Å². The predicted molar refractivity (Wildman–Crippen MR) is 123 cm³/mol. The van der Waals surface area contributed by atoms with Crippen molar-refractivity contribution in [1.29, 1.82) is 0 Å². The van der Waals surface area contributed by atoms with Gasteiger partial charge in [-0.25, -0.2) is 0 Å². The van der Waals surface area contributed by atoms with Gasteiger partial charge in [-0.1, -0.05) is 25.1 Å². The Kier molecular flexibility index (Phi) is 8.87. The molecule has 7 nitrogen and oxygen atoms in total. The van der Waals surface area contributed by atoms with Crippen LogP contribution in [-0.4, -0.2) is 92.1 Å². The Morgan fingerprint density at radius 3 is 2.52 bits per heavy atom. The smallest absolute Gasteiger partial charge is 0.243 e. The van der Waals surface area contributed by atoms with Gasteiger partial charge in [0.15, 0.2) is 0 Å². The van der Waals surface area contributed by atoms with Crippen LogP contribution in [-0.2, 0) is 20.7 Å². The monoisotopic (exact) mass is 430 g/mol. The third-order valence-electron chi connectivity index (χ3n) is 6.60. The van der Waals surface area contributed by atoms with E-state index in [4.69, 9.17) is 4.74 Å². The number of amides is 2. The topological polar surface area (TPSA) is 65.1 Å². The van der Waals surface area contributed by atoms with E-state index in [1.165, 1.54) is 0 Å². The van der Waals surface area contributed by atoms with E-state index in [1.807, 2.05) is 31.2 Å². The fourth-order valence-corrected chi connectivity index (χ4v) is 4.58. The zero-order valence-corrected chi connectivity index (χ0v) is 19.3. The molecule has 2 amide bonds. The zero-order chi connectivity index (χ0) is 22.2. The van der Waals surface area contributed by atoms with Crippen LogP contribution < -0.4 is 5.32 Å². The normalized spacial score (nSPS) is 19.7. The number of hydrogen-bond acceptors (Lipinski definition) is 5. The molecule has 31 heavy (non-hydrogen) atoms. The Morgan fingerprint density at radius 1 is 1.16 bits per heavy atom. The molecule has 1 aromatic rings. The van der Waals surface area contributed by atoms with Gasteiger partial charge in [-0.3, -0.25) is 19.4 Å². The van der Waals surface area contributed by atoms with Gasteiger partial charge in [0.25, 0.3) is 0 Å². The Morgan fingerprint density at radius 2 is 1.84 bits per heavy atom. The van der Waals surface area contributed by atoms with Gasteiger partial charge < -0.3 is 15.0 Å². The van der Waals surface area contributed by atoms with Crippen molar-refractivity contribution in [3.8, 4) is 0 Å². The van der Waals surface area contributed by atoms with Crippen molar-refractivity contribution in [2.45, 2.75) is 39.2 Å². The summed E-state index contributed by atoms with van der Waals surface area (Å²) in [5.74, 6) is 0.539. The molecule has 2 aliphatic rings. The van der Waals surface area contributed by atoms with Crippen molar-refractivity contribution in [1.82, 2.24) is 14.7 Å². The molecular formula is C24H38N4O3. The highest BCUT2D eigenvalue weighted by atomic mass is 16.5. The van der Waals surface area contributed by atoms with Crippen LogP contribution in [0, 0.1) is 5.92 Å². The summed E-state index contributed by atoms with van der Waals surface area (Å²) in [5.41, 5.74) is 1.92. The number of aryl methyl sites for hydroxylation is 1. The standard InChI is InChI=1S/C24H38N4O3/c1-4-21-7-5-6-8-22(21)25-23(29)18-26(3)24(30)19(2)28-11-9-20(10-12-28)17-27-13-15-31-16-14-27/h5-8,19-20H,4,9-18H2,1-3H3,(H,25,29). The number of morpholine rings is 1. The Balaban J connectivity index is 1.43. The Hall–Kier alpha value is -1.96. The SMILES string of the molecule is CCc1ccccc1NC(=O)CN(C)C(=O)C(C)N1CCC(CN2CCOCC2)CC1. The first kappa shape index (κ1) is 23.7.